The van der Waals surface area contributed by atoms with Crippen LogP contribution in [0, 0.1) is 0 Å². The summed E-state index contributed by atoms with van der Waals surface area (Å²) in [5.41, 5.74) is 1.47. The van der Waals surface area contributed by atoms with Crippen LogP contribution in [0.4, 0.5) is 13.2 Å². The number of aromatic nitrogens is 2. The van der Waals surface area contributed by atoms with E-state index in [1.165, 1.54) is 24.3 Å². The molecule has 1 saturated carbocycles. The Morgan fingerprint density at radius 2 is 1.76 bits per heavy atom. The van der Waals surface area contributed by atoms with E-state index < -0.39 is 6.36 Å². The van der Waals surface area contributed by atoms with E-state index in [-0.39, 0.29) is 5.75 Å². The highest BCUT2D eigenvalue weighted by Gasteiger charge is 2.31. The molecule has 3 rings (SSSR count). The topological polar surface area (TPSA) is 35.0 Å². The summed E-state index contributed by atoms with van der Waals surface area (Å²) in [6.07, 6.45) is -2.55. The lowest BCUT2D eigenvalue weighted by Crippen LogP contribution is -2.16. The lowest BCUT2D eigenvalue weighted by molar-refractivity contribution is -0.274. The van der Waals surface area contributed by atoms with Crippen molar-refractivity contribution in [2.75, 3.05) is 0 Å². The van der Waals surface area contributed by atoms with Crippen molar-refractivity contribution in [3.05, 3.63) is 41.2 Å². The van der Waals surface area contributed by atoms with Crippen molar-refractivity contribution in [1.29, 1.82) is 0 Å². The number of rotatable bonds is 3. The van der Waals surface area contributed by atoms with E-state index in [9.17, 15) is 13.2 Å². The third kappa shape index (κ3) is 3.64. The largest absolute Gasteiger partial charge is 0.573 e. The molecule has 7 heteroatoms. The zero-order chi connectivity index (χ0) is 15.0. The van der Waals surface area contributed by atoms with E-state index in [4.69, 9.17) is 11.6 Å². The molecule has 0 bridgehead atoms. The van der Waals surface area contributed by atoms with E-state index in [0.717, 1.165) is 18.5 Å². The lowest BCUT2D eigenvalue weighted by Gasteiger charge is -2.09. The predicted molar refractivity (Wildman–Crippen MR) is 71.1 cm³/mol. The molecule has 0 atom stereocenters. The van der Waals surface area contributed by atoms with Gasteiger partial charge in [0.05, 0.1) is 0 Å². The number of hydrogen-bond acceptors (Lipinski definition) is 3. The second-order valence-electron chi connectivity index (χ2n) is 4.79. The van der Waals surface area contributed by atoms with Gasteiger partial charge in [-0.25, -0.2) is 9.97 Å². The molecule has 21 heavy (non-hydrogen) atoms. The number of hydrogen-bond donors (Lipinski definition) is 0. The molecule has 0 unspecified atom stereocenters. The summed E-state index contributed by atoms with van der Waals surface area (Å²) < 4.78 is 40.1. The minimum Gasteiger partial charge on any atom is -0.406 e. The molecule has 0 N–H and O–H groups in total. The Morgan fingerprint density at radius 3 is 2.33 bits per heavy atom. The first-order valence-corrected chi connectivity index (χ1v) is 6.69. The van der Waals surface area contributed by atoms with Gasteiger partial charge in [-0.15, -0.1) is 13.2 Å². The molecule has 0 aliphatic heterocycles. The van der Waals surface area contributed by atoms with Gasteiger partial charge in [0.15, 0.2) is 5.82 Å². The molecule has 0 spiro atoms. The third-order valence-electron chi connectivity index (χ3n) is 3.06. The minimum absolute atomic E-state index is 0.282. The van der Waals surface area contributed by atoms with Crippen LogP contribution < -0.4 is 4.74 Å². The Balaban J connectivity index is 1.86. The van der Waals surface area contributed by atoms with Crippen LogP contribution >= 0.6 is 11.6 Å². The van der Waals surface area contributed by atoms with Crippen molar-refractivity contribution in [2.45, 2.75) is 25.1 Å². The molecule has 1 aromatic carbocycles. The van der Waals surface area contributed by atoms with Crippen LogP contribution in [-0.4, -0.2) is 16.3 Å². The van der Waals surface area contributed by atoms with Gasteiger partial charge in [-0.1, -0.05) is 11.6 Å². The number of nitrogens with zero attached hydrogens (tertiary/aromatic N) is 2. The van der Waals surface area contributed by atoms with E-state index in [2.05, 4.69) is 14.7 Å². The van der Waals surface area contributed by atoms with Gasteiger partial charge < -0.3 is 4.74 Å². The molecule has 2 aromatic rings. The Morgan fingerprint density at radius 1 is 1.10 bits per heavy atom. The molecular formula is C14H10ClF3N2O. The second-order valence-corrected chi connectivity index (χ2v) is 5.17. The Bertz CT molecular complexity index is 654. The van der Waals surface area contributed by atoms with E-state index in [1.54, 1.807) is 6.07 Å². The van der Waals surface area contributed by atoms with Crippen LogP contribution in [0.15, 0.2) is 30.3 Å². The fourth-order valence-electron chi connectivity index (χ4n) is 1.96. The molecule has 1 aliphatic carbocycles. The summed E-state index contributed by atoms with van der Waals surface area (Å²) in [5.74, 6) is 0.538. The van der Waals surface area contributed by atoms with Crippen LogP contribution in [0.1, 0.15) is 24.5 Å². The van der Waals surface area contributed by atoms with Crippen LogP contribution in [0.3, 0.4) is 0 Å². The van der Waals surface area contributed by atoms with Gasteiger partial charge in [-0.3, -0.25) is 0 Å². The summed E-state index contributed by atoms with van der Waals surface area (Å²) >= 11 is 5.97. The quantitative estimate of drug-likeness (QED) is 0.778. The summed E-state index contributed by atoms with van der Waals surface area (Å²) in [7, 11) is 0. The molecule has 1 heterocycles. The number of halogens is 4. The predicted octanol–water partition coefficient (Wildman–Crippen LogP) is 4.57. The smallest absolute Gasteiger partial charge is 0.406 e. The van der Waals surface area contributed by atoms with Crippen molar-refractivity contribution in [2.24, 2.45) is 0 Å². The normalized spacial score (nSPS) is 15.0. The van der Waals surface area contributed by atoms with E-state index in [1.807, 2.05) is 0 Å². The Hall–Kier alpha value is -1.82. The summed E-state index contributed by atoms with van der Waals surface area (Å²) in [6, 6.07) is 7.13. The van der Waals surface area contributed by atoms with Crippen molar-refractivity contribution < 1.29 is 17.9 Å². The van der Waals surface area contributed by atoms with Crippen molar-refractivity contribution in [3.8, 4) is 17.1 Å². The van der Waals surface area contributed by atoms with Gasteiger partial charge in [-0.2, -0.15) is 0 Å². The highest BCUT2D eigenvalue weighted by atomic mass is 35.5. The maximum absolute atomic E-state index is 12.1. The van der Waals surface area contributed by atoms with Gasteiger partial charge in [-0.05, 0) is 43.2 Å². The fourth-order valence-corrected chi connectivity index (χ4v) is 2.15. The van der Waals surface area contributed by atoms with Crippen molar-refractivity contribution >= 4 is 11.6 Å². The molecule has 0 amide bonds. The summed E-state index contributed by atoms with van der Waals surface area (Å²) in [4.78, 5) is 8.52. The zero-order valence-electron chi connectivity index (χ0n) is 10.7. The van der Waals surface area contributed by atoms with Crippen molar-refractivity contribution in [3.63, 3.8) is 0 Å². The maximum Gasteiger partial charge on any atom is 0.573 e. The van der Waals surface area contributed by atoms with Crippen LogP contribution in [0.5, 0.6) is 5.75 Å². The molecular weight excluding hydrogens is 305 g/mol. The third-order valence-corrected chi connectivity index (χ3v) is 3.25. The number of alkyl halides is 3. The first-order chi connectivity index (χ1) is 9.90. The average Bonchev–Trinajstić information content (AvgIpc) is 3.21. The van der Waals surface area contributed by atoms with Gasteiger partial charge in [0, 0.05) is 17.2 Å². The highest BCUT2D eigenvalue weighted by molar-refractivity contribution is 6.29. The van der Waals surface area contributed by atoms with Gasteiger partial charge >= 0.3 is 6.36 Å². The van der Waals surface area contributed by atoms with Crippen molar-refractivity contribution in [1.82, 2.24) is 9.97 Å². The molecule has 1 fully saturated rings. The molecule has 110 valence electrons. The number of ether oxygens (including phenoxy) is 1. The standard InChI is InChI=1S/C14H10ClF3N2O/c15-12-7-11(8-1-2-8)19-13(20-12)9-3-5-10(6-4-9)21-14(16,17)18/h3-8H,1-2H2. The SMILES string of the molecule is FC(F)(F)Oc1ccc(-c2nc(Cl)cc(C3CC3)n2)cc1. The zero-order valence-corrected chi connectivity index (χ0v) is 11.4. The second kappa shape index (κ2) is 5.18. The first-order valence-electron chi connectivity index (χ1n) is 6.31. The summed E-state index contributed by atoms with van der Waals surface area (Å²) in [5, 5.41) is 0.331. The lowest BCUT2D eigenvalue weighted by atomic mass is 10.2. The van der Waals surface area contributed by atoms with E-state index >= 15 is 0 Å². The van der Waals surface area contributed by atoms with Crippen LogP contribution in [0.2, 0.25) is 5.15 Å². The maximum atomic E-state index is 12.1. The number of benzene rings is 1. The molecule has 1 aromatic heterocycles. The molecule has 3 nitrogen and oxygen atoms in total. The van der Waals surface area contributed by atoms with E-state index in [0.29, 0.717) is 22.5 Å². The summed E-state index contributed by atoms with van der Waals surface area (Å²) in [6.45, 7) is 0. The Labute approximate surface area is 123 Å². The molecule has 1 aliphatic rings. The van der Waals surface area contributed by atoms with Crippen LogP contribution in [0.25, 0.3) is 11.4 Å². The van der Waals surface area contributed by atoms with Gasteiger partial charge in [0.1, 0.15) is 10.9 Å². The average molecular weight is 315 g/mol. The van der Waals surface area contributed by atoms with Crippen LogP contribution in [-0.2, 0) is 0 Å². The molecule has 0 saturated heterocycles. The minimum atomic E-state index is -4.70. The Kier molecular flexibility index (Phi) is 3.49. The first kappa shape index (κ1) is 14.1. The van der Waals surface area contributed by atoms with Gasteiger partial charge in [0.2, 0.25) is 0 Å². The fraction of sp³-hybridized carbons (Fsp3) is 0.286. The molecule has 0 radical (unpaired) electrons. The highest BCUT2D eigenvalue weighted by Crippen LogP contribution is 2.40. The van der Waals surface area contributed by atoms with Gasteiger partial charge in [0.25, 0.3) is 0 Å². The monoisotopic (exact) mass is 314 g/mol.